The van der Waals surface area contributed by atoms with Crippen molar-refractivity contribution in [1.82, 2.24) is 19.9 Å². The van der Waals surface area contributed by atoms with Gasteiger partial charge < -0.3 is 14.2 Å². The van der Waals surface area contributed by atoms with Gasteiger partial charge in [-0.3, -0.25) is 9.69 Å². The van der Waals surface area contributed by atoms with Crippen molar-refractivity contribution in [3.05, 3.63) is 23.4 Å². The Morgan fingerprint density at radius 3 is 2.86 bits per heavy atom. The Kier molecular flexibility index (Phi) is 8.00. The first-order valence-electron chi connectivity index (χ1n) is 10.1. The van der Waals surface area contributed by atoms with Gasteiger partial charge in [-0.15, -0.1) is 11.3 Å². The third kappa shape index (κ3) is 6.39. The van der Waals surface area contributed by atoms with E-state index in [0.29, 0.717) is 30.7 Å². The quantitative estimate of drug-likeness (QED) is 0.565. The van der Waals surface area contributed by atoms with Gasteiger partial charge in [-0.2, -0.15) is 4.98 Å². The van der Waals surface area contributed by atoms with Gasteiger partial charge in [-0.1, -0.05) is 25.1 Å². The van der Waals surface area contributed by atoms with E-state index in [1.54, 1.807) is 11.3 Å². The zero-order valence-corrected chi connectivity index (χ0v) is 17.6. The summed E-state index contributed by atoms with van der Waals surface area (Å²) in [7, 11) is 0. The van der Waals surface area contributed by atoms with Crippen molar-refractivity contribution in [3.63, 3.8) is 0 Å². The van der Waals surface area contributed by atoms with Crippen LogP contribution in [0.5, 0.6) is 0 Å². The van der Waals surface area contributed by atoms with Crippen molar-refractivity contribution < 1.29 is 14.1 Å². The summed E-state index contributed by atoms with van der Waals surface area (Å²) in [4.78, 5) is 22.1. The molecule has 0 radical (unpaired) electrons. The number of nitrogens with zero attached hydrogens (tertiary/aromatic N) is 4. The van der Waals surface area contributed by atoms with Gasteiger partial charge in [0.25, 0.3) is 0 Å². The maximum absolute atomic E-state index is 12.2. The van der Waals surface area contributed by atoms with Crippen molar-refractivity contribution in [2.45, 2.75) is 33.1 Å². The van der Waals surface area contributed by atoms with Gasteiger partial charge in [0.15, 0.2) is 0 Å². The van der Waals surface area contributed by atoms with E-state index in [0.717, 1.165) is 57.0 Å². The minimum atomic E-state index is 0.204. The molecule has 2 aromatic heterocycles. The van der Waals surface area contributed by atoms with E-state index in [-0.39, 0.29) is 5.91 Å². The highest BCUT2D eigenvalue weighted by Gasteiger charge is 2.20. The molecule has 0 saturated carbocycles. The molecule has 1 fully saturated rings. The van der Waals surface area contributed by atoms with Gasteiger partial charge >= 0.3 is 0 Å². The number of amides is 1. The fraction of sp³-hybridized carbons (Fsp3) is 0.650. The maximum atomic E-state index is 12.2. The van der Waals surface area contributed by atoms with Crippen LogP contribution in [-0.4, -0.2) is 71.8 Å². The smallest absolute Gasteiger partial charge is 0.227 e. The lowest BCUT2D eigenvalue weighted by Gasteiger charge is -2.34. The van der Waals surface area contributed by atoms with E-state index < -0.39 is 0 Å². The number of carbonyl (C=O) groups excluding carboxylic acids is 1. The Bertz CT molecular complexity index is 709. The molecule has 1 amide bonds. The number of carbonyl (C=O) groups is 1. The molecule has 0 aromatic carbocycles. The van der Waals surface area contributed by atoms with Crippen LogP contribution in [0.2, 0.25) is 0 Å². The summed E-state index contributed by atoms with van der Waals surface area (Å²) < 4.78 is 10.9. The molecule has 8 heteroatoms. The molecule has 154 valence electrons. The van der Waals surface area contributed by atoms with E-state index in [9.17, 15) is 4.79 Å². The summed E-state index contributed by atoms with van der Waals surface area (Å²) in [6.07, 6.45) is 2.24. The highest BCUT2D eigenvalue weighted by atomic mass is 32.1. The van der Waals surface area contributed by atoms with E-state index >= 15 is 0 Å². The van der Waals surface area contributed by atoms with Crippen LogP contribution >= 0.6 is 11.3 Å². The first-order chi connectivity index (χ1) is 13.6. The third-order valence-electron chi connectivity index (χ3n) is 4.71. The Labute approximate surface area is 170 Å². The first-order valence-corrected chi connectivity index (χ1v) is 10.9. The minimum absolute atomic E-state index is 0.204. The summed E-state index contributed by atoms with van der Waals surface area (Å²) in [5, 5.41) is 6.06. The van der Waals surface area contributed by atoms with E-state index in [4.69, 9.17) is 9.26 Å². The molecular weight excluding hydrogens is 376 g/mol. The number of piperazine rings is 1. The molecule has 0 aliphatic carbocycles. The molecule has 0 unspecified atom stereocenters. The lowest BCUT2D eigenvalue weighted by atomic mass is 10.2. The van der Waals surface area contributed by atoms with Crippen molar-refractivity contribution in [3.8, 4) is 10.7 Å². The van der Waals surface area contributed by atoms with Crippen molar-refractivity contribution >= 4 is 17.2 Å². The van der Waals surface area contributed by atoms with Crippen LogP contribution < -0.4 is 0 Å². The van der Waals surface area contributed by atoms with Gasteiger partial charge in [0.05, 0.1) is 17.9 Å². The summed E-state index contributed by atoms with van der Waals surface area (Å²) in [6, 6.07) is 3.98. The number of aromatic nitrogens is 2. The normalized spacial score (nSPS) is 15.5. The lowest BCUT2D eigenvalue weighted by Crippen LogP contribution is -2.49. The number of hydrogen-bond donors (Lipinski definition) is 0. The van der Waals surface area contributed by atoms with E-state index in [2.05, 4.69) is 28.9 Å². The number of ether oxygens (including phenoxy) is 1. The highest BCUT2D eigenvalue weighted by molar-refractivity contribution is 7.13. The largest absolute Gasteiger partial charge is 0.381 e. The zero-order valence-electron chi connectivity index (χ0n) is 16.8. The van der Waals surface area contributed by atoms with Gasteiger partial charge in [-0.25, -0.2) is 0 Å². The fourth-order valence-electron chi connectivity index (χ4n) is 3.17. The van der Waals surface area contributed by atoms with Crippen LogP contribution in [0.4, 0.5) is 0 Å². The Balaban J connectivity index is 1.30. The average Bonchev–Trinajstić information content (AvgIpc) is 3.37. The van der Waals surface area contributed by atoms with Gasteiger partial charge in [0.1, 0.15) is 0 Å². The summed E-state index contributed by atoms with van der Waals surface area (Å²) in [5.74, 6) is 2.08. The minimum Gasteiger partial charge on any atom is -0.381 e. The molecule has 7 nitrogen and oxygen atoms in total. The summed E-state index contributed by atoms with van der Waals surface area (Å²) in [6.45, 7) is 9.88. The Morgan fingerprint density at radius 2 is 2.14 bits per heavy atom. The maximum Gasteiger partial charge on any atom is 0.227 e. The van der Waals surface area contributed by atoms with Crippen LogP contribution in [0.3, 0.4) is 0 Å². The van der Waals surface area contributed by atoms with Gasteiger partial charge in [0.2, 0.25) is 17.6 Å². The Morgan fingerprint density at radius 1 is 1.32 bits per heavy atom. The lowest BCUT2D eigenvalue weighted by molar-refractivity contribution is -0.134. The molecular formula is C20H30N4O3S. The number of thiophene rings is 1. The highest BCUT2D eigenvalue weighted by Crippen LogP contribution is 2.21. The molecule has 0 atom stereocenters. The summed E-state index contributed by atoms with van der Waals surface area (Å²) >= 11 is 1.61. The predicted octanol–water partition coefficient (Wildman–Crippen LogP) is 2.94. The van der Waals surface area contributed by atoms with Crippen molar-refractivity contribution in [2.24, 2.45) is 5.92 Å². The molecule has 1 saturated heterocycles. The molecule has 2 aromatic rings. The van der Waals surface area contributed by atoms with Crippen LogP contribution in [0.1, 0.15) is 32.6 Å². The zero-order chi connectivity index (χ0) is 19.8. The molecule has 3 heterocycles. The second kappa shape index (κ2) is 10.7. The molecule has 0 spiro atoms. The standard InChI is InChI=1S/C20H30N4O3S/c1-16(2)15-26-13-7-19(25)24-11-9-23(10-12-24)8-3-6-18-21-20(22-27-18)17-5-4-14-28-17/h4-5,14,16H,3,6-13,15H2,1-2H3. The van der Waals surface area contributed by atoms with Gasteiger partial charge in [-0.05, 0) is 30.3 Å². The molecule has 0 bridgehead atoms. The SMILES string of the molecule is CC(C)COCCC(=O)N1CCN(CCCc2nc(-c3cccs3)no2)CC1. The topological polar surface area (TPSA) is 71.7 Å². The monoisotopic (exact) mass is 406 g/mol. The van der Waals surface area contributed by atoms with Crippen molar-refractivity contribution in [2.75, 3.05) is 45.9 Å². The molecule has 0 N–H and O–H groups in total. The molecule has 1 aliphatic heterocycles. The number of aryl methyl sites for hydroxylation is 1. The number of rotatable bonds is 10. The van der Waals surface area contributed by atoms with E-state index in [1.807, 2.05) is 22.4 Å². The Hall–Kier alpha value is -1.77. The van der Waals surface area contributed by atoms with Crippen LogP contribution in [0.25, 0.3) is 10.7 Å². The van der Waals surface area contributed by atoms with Crippen LogP contribution in [0.15, 0.2) is 22.0 Å². The third-order valence-corrected chi connectivity index (χ3v) is 5.58. The van der Waals surface area contributed by atoms with Crippen LogP contribution in [-0.2, 0) is 16.0 Å². The predicted molar refractivity (Wildman–Crippen MR) is 109 cm³/mol. The summed E-state index contributed by atoms with van der Waals surface area (Å²) in [5.41, 5.74) is 0. The second-order valence-electron chi connectivity index (χ2n) is 7.53. The first kappa shape index (κ1) is 21.0. The average molecular weight is 407 g/mol. The van der Waals surface area contributed by atoms with Crippen LogP contribution in [0, 0.1) is 5.92 Å². The molecule has 3 rings (SSSR count). The number of hydrogen-bond acceptors (Lipinski definition) is 7. The van der Waals surface area contributed by atoms with Crippen molar-refractivity contribution in [1.29, 1.82) is 0 Å². The molecule has 1 aliphatic rings. The second-order valence-corrected chi connectivity index (χ2v) is 8.48. The molecule has 28 heavy (non-hydrogen) atoms. The van der Waals surface area contributed by atoms with E-state index in [1.165, 1.54) is 0 Å². The van der Waals surface area contributed by atoms with Gasteiger partial charge in [0, 0.05) is 39.2 Å². The fourth-order valence-corrected chi connectivity index (χ4v) is 3.82.